The van der Waals surface area contributed by atoms with Gasteiger partial charge in [-0.15, -0.1) is 0 Å². The minimum atomic E-state index is -4.82. The van der Waals surface area contributed by atoms with Crippen LogP contribution in [-0.2, 0) is 9.59 Å². The van der Waals surface area contributed by atoms with Crippen LogP contribution in [0.2, 0.25) is 0 Å². The zero-order valence-corrected chi connectivity index (χ0v) is 12.4. The predicted octanol–water partition coefficient (Wildman–Crippen LogP) is 2.59. The quantitative estimate of drug-likeness (QED) is 0.860. The molecular formula is C15H17F3N2O2. The Kier molecular flexibility index (Phi) is 4.17. The number of alkyl halides is 3. The molecule has 0 bridgehead atoms. The number of halogens is 3. The smallest absolute Gasteiger partial charge is 0.321 e. The van der Waals surface area contributed by atoms with E-state index in [9.17, 15) is 22.8 Å². The number of carbonyl (C=O) groups is 2. The van der Waals surface area contributed by atoms with E-state index in [0.29, 0.717) is 10.6 Å². The van der Waals surface area contributed by atoms with Gasteiger partial charge >= 0.3 is 6.18 Å². The summed E-state index contributed by atoms with van der Waals surface area (Å²) in [5, 5.41) is 0. The molecule has 1 saturated heterocycles. The average Bonchev–Trinajstić information content (AvgIpc) is 2.84. The van der Waals surface area contributed by atoms with Crippen molar-refractivity contribution in [1.29, 1.82) is 0 Å². The van der Waals surface area contributed by atoms with Gasteiger partial charge < -0.3 is 9.80 Å². The first-order chi connectivity index (χ1) is 10.3. The van der Waals surface area contributed by atoms with Crippen LogP contribution in [0.25, 0.3) is 0 Å². The van der Waals surface area contributed by atoms with Gasteiger partial charge in [-0.25, -0.2) is 0 Å². The maximum atomic E-state index is 13.7. The molecule has 0 spiro atoms. The van der Waals surface area contributed by atoms with Gasteiger partial charge in [0.05, 0.1) is 0 Å². The highest BCUT2D eigenvalue weighted by atomic mass is 19.4. The molecule has 2 rings (SSSR count). The molecule has 0 N–H and O–H groups in total. The van der Waals surface area contributed by atoms with Crippen LogP contribution in [0.4, 0.5) is 18.9 Å². The lowest BCUT2D eigenvalue weighted by molar-refractivity contribution is -0.220. The summed E-state index contributed by atoms with van der Waals surface area (Å²) in [6.45, 7) is 1.28. The van der Waals surface area contributed by atoms with Crippen LogP contribution < -0.4 is 4.90 Å². The van der Waals surface area contributed by atoms with Gasteiger partial charge in [-0.3, -0.25) is 9.59 Å². The van der Waals surface area contributed by atoms with Gasteiger partial charge in [0.25, 0.3) is 5.91 Å². The number of hydrogen-bond donors (Lipinski definition) is 0. The van der Waals surface area contributed by atoms with Gasteiger partial charge in [0.1, 0.15) is 0 Å². The number of nitrogens with zero attached hydrogens (tertiary/aromatic N) is 2. The largest absolute Gasteiger partial charge is 0.420 e. The van der Waals surface area contributed by atoms with Gasteiger partial charge in [-0.05, 0) is 25.5 Å². The molecule has 1 aliphatic heterocycles. The van der Waals surface area contributed by atoms with Crippen molar-refractivity contribution in [2.75, 3.05) is 18.5 Å². The lowest BCUT2D eigenvalue weighted by Crippen LogP contribution is -2.65. The summed E-state index contributed by atoms with van der Waals surface area (Å²) in [4.78, 5) is 26.0. The van der Waals surface area contributed by atoms with Crippen molar-refractivity contribution in [3.63, 3.8) is 0 Å². The first kappa shape index (κ1) is 16.3. The Morgan fingerprint density at radius 2 is 1.91 bits per heavy atom. The molecule has 2 amide bonds. The maximum Gasteiger partial charge on any atom is 0.420 e. The van der Waals surface area contributed by atoms with Gasteiger partial charge in [0.2, 0.25) is 11.4 Å². The van der Waals surface area contributed by atoms with E-state index in [1.165, 1.54) is 14.0 Å². The minimum absolute atomic E-state index is 0.160. The molecule has 1 heterocycles. The molecular weight excluding hydrogens is 297 g/mol. The summed E-state index contributed by atoms with van der Waals surface area (Å²) in [5.41, 5.74) is -2.42. The summed E-state index contributed by atoms with van der Waals surface area (Å²) in [6, 6.07) is 8.08. The number of benzene rings is 1. The summed E-state index contributed by atoms with van der Waals surface area (Å²) in [5.74, 6) is -1.77. The van der Waals surface area contributed by atoms with Crippen LogP contribution in [0.1, 0.15) is 19.8 Å². The summed E-state index contributed by atoms with van der Waals surface area (Å²) < 4.78 is 41.1. The third-order valence-electron chi connectivity index (χ3n) is 4.05. The fourth-order valence-electron chi connectivity index (χ4n) is 2.90. The molecule has 1 aliphatic rings. The van der Waals surface area contributed by atoms with Gasteiger partial charge in [-0.1, -0.05) is 18.2 Å². The minimum Gasteiger partial charge on any atom is -0.321 e. The first-order valence-electron chi connectivity index (χ1n) is 6.96. The van der Waals surface area contributed by atoms with Crippen LogP contribution >= 0.6 is 0 Å². The van der Waals surface area contributed by atoms with Crippen molar-refractivity contribution in [3.05, 3.63) is 30.3 Å². The monoisotopic (exact) mass is 314 g/mol. The third-order valence-corrected chi connectivity index (χ3v) is 4.05. The zero-order chi connectivity index (χ0) is 16.5. The van der Waals surface area contributed by atoms with Crippen molar-refractivity contribution in [1.82, 2.24) is 4.90 Å². The molecule has 1 aromatic rings. The molecule has 0 aromatic heterocycles. The number of anilines is 1. The molecule has 0 unspecified atom stereocenters. The van der Waals surface area contributed by atoms with Crippen molar-refractivity contribution < 1.29 is 22.8 Å². The molecule has 0 radical (unpaired) electrons. The highest BCUT2D eigenvalue weighted by molar-refractivity contribution is 6.04. The normalized spacial score (nSPS) is 22.0. The van der Waals surface area contributed by atoms with Crippen LogP contribution in [-0.4, -0.2) is 42.0 Å². The predicted molar refractivity (Wildman–Crippen MR) is 75.3 cm³/mol. The molecule has 4 nitrogen and oxygen atoms in total. The average molecular weight is 314 g/mol. The maximum absolute atomic E-state index is 13.7. The van der Waals surface area contributed by atoms with E-state index in [2.05, 4.69) is 0 Å². The molecule has 1 fully saturated rings. The Bertz CT molecular complexity index is 574. The van der Waals surface area contributed by atoms with Crippen molar-refractivity contribution in [2.45, 2.75) is 31.5 Å². The number of likely N-dealkylation sites (tertiary alicyclic amines) is 1. The van der Waals surface area contributed by atoms with E-state index in [4.69, 9.17) is 0 Å². The standard InChI is InChI=1S/C15H17F3N2O2/c1-3-20-12(21)9-10-14(20,15(16,17)18)13(22)19(2)11-7-5-4-6-8-11/h4-8H,3,9-10H2,1-2H3/t14-/m0/s1. The molecule has 7 heteroatoms. The van der Waals surface area contributed by atoms with E-state index in [0.717, 1.165) is 4.90 Å². The van der Waals surface area contributed by atoms with E-state index >= 15 is 0 Å². The fraction of sp³-hybridized carbons (Fsp3) is 0.467. The number of likely N-dealkylation sites (N-methyl/N-ethyl adjacent to an activating group) is 2. The highest BCUT2D eigenvalue weighted by Gasteiger charge is 2.68. The Balaban J connectivity index is 2.47. The molecule has 22 heavy (non-hydrogen) atoms. The Morgan fingerprint density at radius 3 is 2.41 bits per heavy atom. The number of para-hydroxylation sites is 1. The van der Waals surface area contributed by atoms with E-state index in [-0.39, 0.29) is 13.0 Å². The molecule has 1 atom stereocenters. The number of carbonyl (C=O) groups excluding carboxylic acids is 2. The van der Waals surface area contributed by atoms with Crippen LogP contribution in [0.5, 0.6) is 0 Å². The summed E-state index contributed by atoms with van der Waals surface area (Å²) >= 11 is 0. The van der Waals surface area contributed by atoms with Crippen LogP contribution in [0, 0.1) is 0 Å². The van der Waals surface area contributed by atoms with Crippen LogP contribution in [0.3, 0.4) is 0 Å². The number of rotatable bonds is 3. The van der Waals surface area contributed by atoms with Crippen molar-refractivity contribution in [3.8, 4) is 0 Å². The summed E-state index contributed by atoms with van der Waals surface area (Å²) in [7, 11) is 1.29. The van der Waals surface area contributed by atoms with E-state index < -0.39 is 30.0 Å². The van der Waals surface area contributed by atoms with Crippen molar-refractivity contribution >= 4 is 17.5 Å². The Hall–Kier alpha value is -2.05. The lowest BCUT2D eigenvalue weighted by atomic mass is 9.93. The van der Waals surface area contributed by atoms with E-state index in [1.807, 2.05) is 0 Å². The topological polar surface area (TPSA) is 40.6 Å². The lowest BCUT2D eigenvalue weighted by Gasteiger charge is -2.40. The Morgan fingerprint density at radius 1 is 1.32 bits per heavy atom. The summed E-state index contributed by atoms with van der Waals surface area (Å²) in [6.07, 6.45) is -5.64. The molecule has 1 aromatic carbocycles. The third kappa shape index (κ3) is 2.34. The van der Waals surface area contributed by atoms with Gasteiger partial charge in [0, 0.05) is 25.7 Å². The molecule has 0 saturated carbocycles. The van der Waals surface area contributed by atoms with Gasteiger partial charge in [-0.2, -0.15) is 13.2 Å². The second-order valence-corrected chi connectivity index (χ2v) is 5.20. The second kappa shape index (κ2) is 5.62. The SMILES string of the molecule is CCN1C(=O)CC[C@]1(C(=O)N(C)c1ccccc1)C(F)(F)F. The van der Waals surface area contributed by atoms with Crippen LogP contribution in [0.15, 0.2) is 30.3 Å². The second-order valence-electron chi connectivity index (χ2n) is 5.20. The molecule has 120 valence electrons. The van der Waals surface area contributed by atoms with E-state index in [1.54, 1.807) is 30.3 Å². The molecule has 0 aliphatic carbocycles. The van der Waals surface area contributed by atoms with Crippen molar-refractivity contribution in [2.24, 2.45) is 0 Å². The first-order valence-corrected chi connectivity index (χ1v) is 6.96. The number of hydrogen-bond acceptors (Lipinski definition) is 2. The zero-order valence-electron chi connectivity index (χ0n) is 12.4. The fourth-order valence-corrected chi connectivity index (χ4v) is 2.90. The van der Waals surface area contributed by atoms with Gasteiger partial charge in [0.15, 0.2) is 0 Å². The number of amides is 2. The Labute approximate surface area is 126 Å². The highest BCUT2D eigenvalue weighted by Crippen LogP contribution is 2.45.